The summed E-state index contributed by atoms with van der Waals surface area (Å²) in [6.07, 6.45) is 2.91. The van der Waals surface area contributed by atoms with E-state index in [9.17, 15) is 14.4 Å². The second-order valence-electron chi connectivity index (χ2n) is 8.76. The van der Waals surface area contributed by atoms with Crippen LogP contribution >= 0.6 is 0 Å². The number of hydrogen-bond acceptors (Lipinski definition) is 6. The van der Waals surface area contributed by atoms with Crippen molar-refractivity contribution in [2.24, 2.45) is 5.92 Å². The van der Waals surface area contributed by atoms with E-state index < -0.39 is 6.04 Å². The average Bonchev–Trinajstić information content (AvgIpc) is 3.01. The quantitative estimate of drug-likeness (QED) is 0.723. The summed E-state index contributed by atoms with van der Waals surface area (Å²) in [6, 6.07) is 4.99. The van der Waals surface area contributed by atoms with Crippen molar-refractivity contribution in [3.8, 4) is 5.75 Å². The minimum atomic E-state index is -0.589. The summed E-state index contributed by atoms with van der Waals surface area (Å²) in [6.45, 7) is 5.19. The Hall–Kier alpha value is -2.45. The lowest BCUT2D eigenvalue weighted by atomic mass is 10.0. The predicted molar refractivity (Wildman–Crippen MR) is 107 cm³/mol. The van der Waals surface area contributed by atoms with Gasteiger partial charge in [-0.2, -0.15) is 0 Å². The molecule has 3 saturated heterocycles. The fourth-order valence-electron chi connectivity index (χ4n) is 4.85. The Morgan fingerprint density at radius 2 is 2.03 bits per heavy atom. The Labute approximate surface area is 175 Å². The molecule has 5 rings (SSSR count). The highest BCUT2D eigenvalue weighted by atomic mass is 16.5. The van der Waals surface area contributed by atoms with Crippen molar-refractivity contribution in [3.63, 3.8) is 0 Å². The third-order valence-electron chi connectivity index (χ3n) is 6.48. The molecule has 0 saturated carbocycles. The lowest BCUT2D eigenvalue weighted by molar-refractivity contribution is -0.136. The minimum Gasteiger partial charge on any atom is -0.489 e. The van der Waals surface area contributed by atoms with E-state index in [0.29, 0.717) is 24.4 Å². The summed E-state index contributed by atoms with van der Waals surface area (Å²) in [4.78, 5) is 40.4. The minimum absolute atomic E-state index is 0.140. The number of carbonyl (C=O) groups is 3. The van der Waals surface area contributed by atoms with Crippen molar-refractivity contribution >= 4 is 17.7 Å². The molecule has 1 aromatic carbocycles. The third kappa shape index (κ3) is 3.81. The molecule has 4 aliphatic heterocycles. The number of nitrogens with zero attached hydrogens (tertiary/aromatic N) is 2. The topological polar surface area (TPSA) is 88.2 Å². The number of likely N-dealkylation sites (tertiary alicyclic amines) is 1. The van der Waals surface area contributed by atoms with Crippen molar-refractivity contribution in [3.05, 3.63) is 29.3 Å². The van der Waals surface area contributed by atoms with Crippen molar-refractivity contribution in [1.82, 2.24) is 15.1 Å². The number of fused-ring (bicyclic) bond motifs is 1. The summed E-state index contributed by atoms with van der Waals surface area (Å²) in [5, 5.41) is 2.34. The molecule has 8 nitrogen and oxygen atoms in total. The van der Waals surface area contributed by atoms with Gasteiger partial charge in [0.1, 0.15) is 17.9 Å². The van der Waals surface area contributed by atoms with Crippen LogP contribution in [0.15, 0.2) is 18.2 Å². The lowest BCUT2D eigenvalue weighted by Gasteiger charge is -2.37. The normalized spacial score (nSPS) is 27.6. The Morgan fingerprint density at radius 1 is 1.17 bits per heavy atom. The standard InChI is InChI=1S/C22H27N3O5/c26-20-6-5-19(21(27)23-20)25-10-15-8-16(3-4-18(15)22(25)28)30-17-2-1-7-24(11-17)9-14-12-29-13-14/h3-4,8,14,17,19H,1-2,5-7,9-13H2,(H,23,26,27)/t17-,19?/m1/s1. The number of rotatable bonds is 5. The smallest absolute Gasteiger partial charge is 0.255 e. The first-order chi connectivity index (χ1) is 14.6. The zero-order valence-electron chi connectivity index (χ0n) is 17.0. The van der Waals surface area contributed by atoms with Gasteiger partial charge in [0.25, 0.3) is 5.91 Å². The van der Waals surface area contributed by atoms with Crippen LogP contribution in [0.5, 0.6) is 5.75 Å². The first kappa shape index (κ1) is 19.5. The molecule has 1 aromatic rings. The first-order valence-electron chi connectivity index (χ1n) is 10.8. The molecule has 0 spiro atoms. The Morgan fingerprint density at radius 3 is 2.80 bits per heavy atom. The number of nitrogens with one attached hydrogen (secondary N) is 1. The highest BCUT2D eigenvalue weighted by molar-refractivity contribution is 6.05. The van der Waals surface area contributed by atoms with Crippen LogP contribution in [0.4, 0.5) is 0 Å². The summed E-state index contributed by atoms with van der Waals surface area (Å²) in [5.74, 6) is 0.599. The first-order valence-corrected chi connectivity index (χ1v) is 10.8. The summed E-state index contributed by atoms with van der Waals surface area (Å²) in [5.41, 5.74) is 1.49. The molecular weight excluding hydrogens is 386 g/mol. The van der Waals surface area contributed by atoms with E-state index in [1.54, 1.807) is 11.0 Å². The maximum Gasteiger partial charge on any atom is 0.255 e. The zero-order valence-corrected chi connectivity index (χ0v) is 17.0. The SMILES string of the molecule is O=C1CCC(N2Cc3cc(O[C@@H]4CCCN(CC5COC5)C4)ccc3C2=O)C(=O)N1. The highest BCUT2D eigenvalue weighted by Gasteiger charge is 2.39. The summed E-state index contributed by atoms with van der Waals surface area (Å²) in [7, 11) is 0. The molecule has 1 unspecified atom stereocenters. The molecule has 30 heavy (non-hydrogen) atoms. The Kier molecular flexibility index (Phi) is 5.20. The fourth-order valence-corrected chi connectivity index (χ4v) is 4.85. The highest BCUT2D eigenvalue weighted by Crippen LogP contribution is 2.31. The molecule has 2 atom stereocenters. The van der Waals surface area contributed by atoms with E-state index in [0.717, 1.165) is 57.0 Å². The van der Waals surface area contributed by atoms with Crippen LogP contribution in [-0.4, -0.2) is 72.5 Å². The van der Waals surface area contributed by atoms with Crippen molar-refractivity contribution in [2.45, 2.75) is 44.4 Å². The van der Waals surface area contributed by atoms with Crippen LogP contribution in [0.3, 0.4) is 0 Å². The van der Waals surface area contributed by atoms with Gasteiger partial charge in [-0.1, -0.05) is 0 Å². The number of benzene rings is 1. The molecule has 4 heterocycles. The van der Waals surface area contributed by atoms with Crippen molar-refractivity contribution in [1.29, 1.82) is 0 Å². The van der Waals surface area contributed by atoms with E-state index in [-0.39, 0.29) is 30.2 Å². The van der Waals surface area contributed by atoms with E-state index >= 15 is 0 Å². The monoisotopic (exact) mass is 413 g/mol. The van der Waals surface area contributed by atoms with E-state index in [1.165, 1.54) is 0 Å². The van der Waals surface area contributed by atoms with Crippen LogP contribution in [-0.2, 0) is 20.9 Å². The molecule has 1 N–H and O–H groups in total. The molecule has 160 valence electrons. The van der Waals surface area contributed by atoms with Crippen LogP contribution in [0.25, 0.3) is 0 Å². The molecule has 0 radical (unpaired) electrons. The van der Waals surface area contributed by atoms with E-state index in [2.05, 4.69) is 10.2 Å². The van der Waals surface area contributed by atoms with Gasteiger partial charge in [-0.05, 0) is 49.6 Å². The van der Waals surface area contributed by atoms with E-state index in [1.807, 2.05) is 12.1 Å². The van der Waals surface area contributed by atoms with Gasteiger partial charge in [0.05, 0.1) is 13.2 Å². The number of amides is 3. The molecule has 0 aromatic heterocycles. The molecule has 3 fully saturated rings. The van der Waals surface area contributed by atoms with Crippen LogP contribution in [0.1, 0.15) is 41.6 Å². The lowest BCUT2D eigenvalue weighted by Crippen LogP contribution is -2.52. The predicted octanol–water partition coefficient (Wildman–Crippen LogP) is 0.937. The van der Waals surface area contributed by atoms with Gasteiger partial charge in [0.15, 0.2) is 0 Å². The second kappa shape index (κ2) is 8.00. The van der Waals surface area contributed by atoms with Gasteiger partial charge >= 0.3 is 0 Å². The molecule has 0 bridgehead atoms. The molecule has 4 aliphatic rings. The molecule has 8 heteroatoms. The summed E-state index contributed by atoms with van der Waals surface area (Å²) >= 11 is 0. The average molecular weight is 413 g/mol. The molecule has 3 amide bonds. The summed E-state index contributed by atoms with van der Waals surface area (Å²) < 4.78 is 11.6. The number of imide groups is 1. The van der Waals surface area contributed by atoms with Gasteiger partial charge in [-0.3, -0.25) is 24.6 Å². The van der Waals surface area contributed by atoms with Crippen molar-refractivity contribution < 1.29 is 23.9 Å². The fraction of sp³-hybridized carbons (Fsp3) is 0.591. The van der Waals surface area contributed by atoms with Crippen LogP contribution in [0.2, 0.25) is 0 Å². The van der Waals surface area contributed by atoms with Gasteiger partial charge in [0, 0.05) is 37.5 Å². The number of carbonyl (C=O) groups excluding carboxylic acids is 3. The van der Waals surface area contributed by atoms with Gasteiger partial charge in [-0.15, -0.1) is 0 Å². The van der Waals surface area contributed by atoms with Crippen LogP contribution in [0, 0.1) is 5.92 Å². The Bertz CT molecular complexity index is 868. The van der Waals surface area contributed by atoms with E-state index in [4.69, 9.17) is 9.47 Å². The number of hydrogen-bond donors (Lipinski definition) is 1. The number of piperidine rings is 2. The maximum absolute atomic E-state index is 12.8. The molecule has 0 aliphatic carbocycles. The van der Waals surface area contributed by atoms with Crippen molar-refractivity contribution in [2.75, 3.05) is 32.8 Å². The third-order valence-corrected chi connectivity index (χ3v) is 6.48. The number of ether oxygens (including phenoxy) is 2. The van der Waals surface area contributed by atoms with Gasteiger partial charge in [-0.25, -0.2) is 0 Å². The van der Waals surface area contributed by atoms with Gasteiger partial charge < -0.3 is 14.4 Å². The van der Waals surface area contributed by atoms with Gasteiger partial charge in [0.2, 0.25) is 11.8 Å². The largest absolute Gasteiger partial charge is 0.489 e. The zero-order chi connectivity index (χ0) is 20.7. The second-order valence-corrected chi connectivity index (χ2v) is 8.76. The maximum atomic E-state index is 12.8. The Balaban J connectivity index is 1.23. The van der Waals surface area contributed by atoms with Crippen LogP contribution < -0.4 is 10.1 Å². The molecular formula is C22H27N3O5.